The Morgan fingerprint density at radius 2 is 1.75 bits per heavy atom. The Morgan fingerprint density at radius 3 is 2.32 bits per heavy atom. The molecule has 2 amide bonds. The number of rotatable bonds is 3. The first-order valence-electron chi connectivity index (χ1n) is 9.36. The lowest BCUT2D eigenvalue weighted by Gasteiger charge is -2.32. The molecule has 3 rings (SSSR count). The fraction of sp³-hybridized carbons (Fsp3) is 0.579. The van der Waals surface area contributed by atoms with E-state index in [4.69, 9.17) is 4.74 Å². The van der Waals surface area contributed by atoms with Gasteiger partial charge in [-0.25, -0.2) is 0 Å². The Balaban J connectivity index is 1.78. The number of likely N-dealkylation sites (tertiary alicyclic amines) is 1. The summed E-state index contributed by atoms with van der Waals surface area (Å²) < 4.78 is 44.8. The number of benzene rings is 1. The zero-order valence-corrected chi connectivity index (χ0v) is 15.7. The summed E-state index contributed by atoms with van der Waals surface area (Å²) in [5, 5.41) is 2.71. The number of nitrogens with zero attached hydrogens (tertiary/aromatic N) is 2. The zero-order valence-electron chi connectivity index (χ0n) is 15.7. The molecule has 154 valence electrons. The molecular weight excluding hydrogens is 375 g/mol. The molecule has 2 fully saturated rings. The Morgan fingerprint density at radius 1 is 1.11 bits per heavy atom. The lowest BCUT2D eigenvalue weighted by molar-refractivity contribution is -0.137. The molecule has 0 aliphatic carbocycles. The molecule has 9 heteroatoms. The molecule has 0 saturated carbocycles. The summed E-state index contributed by atoms with van der Waals surface area (Å²) in [5.41, 5.74) is -0.0762. The molecule has 1 aromatic rings. The topological polar surface area (TPSA) is 61.9 Å². The van der Waals surface area contributed by atoms with Crippen LogP contribution in [0.15, 0.2) is 18.2 Å². The van der Waals surface area contributed by atoms with E-state index in [1.54, 1.807) is 4.90 Å². The molecule has 2 aliphatic heterocycles. The number of anilines is 2. The number of morpholine rings is 1. The normalized spacial score (nSPS) is 18.9. The zero-order chi connectivity index (χ0) is 20.3. The van der Waals surface area contributed by atoms with Crippen molar-refractivity contribution in [2.24, 2.45) is 5.92 Å². The molecule has 1 N–H and O–H groups in total. The Labute approximate surface area is 161 Å². The van der Waals surface area contributed by atoms with Crippen molar-refractivity contribution < 1.29 is 27.5 Å². The minimum Gasteiger partial charge on any atom is -0.378 e. The number of hydrogen-bond donors (Lipinski definition) is 1. The first-order chi connectivity index (χ1) is 13.3. The van der Waals surface area contributed by atoms with Crippen molar-refractivity contribution in [1.82, 2.24) is 4.90 Å². The molecule has 0 aromatic heterocycles. The maximum absolute atomic E-state index is 13.2. The van der Waals surface area contributed by atoms with E-state index in [1.165, 1.54) is 13.0 Å². The molecule has 2 saturated heterocycles. The number of carbonyl (C=O) groups is 2. The highest BCUT2D eigenvalue weighted by Crippen LogP contribution is 2.36. The van der Waals surface area contributed by atoms with Gasteiger partial charge in [-0.15, -0.1) is 0 Å². The molecule has 1 aromatic carbocycles. The van der Waals surface area contributed by atoms with Crippen LogP contribution in [-0.4, -0.2) is 56.1 Å². The average molecular weight is 399 g/mol. The fourth-order valence-electron chi connectivity index (χ4n) is 3.58. The molecule has 2 heterocycles. The van der Waals surface area contributed by atoms with Crippen LogP contribution in [0.4, 0.5) is 24.5 Å². The molecule has 0 radical (unpaired) electrons. The van der Waals surface area contributed by atoms with Gasteiger partial charge in [-0.2, -0.15) is 13.2 Å². The third-order valence-corrected chi connectivity index (χ3v) is 5.24. The van der Waals surface area contributed by atoms with Gasteiger partial charge in [0.15, 0.2) is 0 Å². The van der Waals surface area contributed by atoms with Crippen molar-refractivity contribution in [3.8, 4) is 0 Å². The van der Waals surface area contributed by atoms with Crippen LogP contribution in [0.3, 0.4) is 0 Å². The van der Waals surface area contributed by atoms with Crippen LogP contribution in [0.1, 0.15) is 25.3 Å². The number of amides is 2. The van der Waals surface area contributed by atoms with Crippen LogP contribution in [0.25, 0.3) is 0 Å². The van der Waals surface area contributed by atoms with Crippen LogP contribution in [-0.2, 0) is 20.5 Å². The van der Waals surface area contributed by atoms with Crippen molar-refractivity contribution in [3.05, 3.63) is 23.8 Å². The van der Waals surface area contributed by atoms with Crippen molar-refractivity contribution in [2.75, 3.05) is 49.6 Å². The molecule has 28 heavy (non-hydrogen) atoms. The number of hydrogen-bond acceptors (Lipinski definition) is 4. The highest BCUT2D eigenvalue weighted by molar-refractivity contribution is 5.96. The minimum absolute atomic E-state index is 0.0358. The highest BCUT2D eigenvalue weighted by atomic mass is 19.4. The van der Waals surface area contributed by atoms with Crippen molar-refractivity contribution in [3.63, 3.8) is 0 Å². The maximum atomic E-state index is 13.2. The van der Waals surface area contributed by atoms with Gasteiger partial charge in [-0.1, -0.05) is 0 Å². The van der Waals surface area contributed by atoms with Gasteiger partial charge in [0.1, 0.15) is 0 Å². The van der Waals surface area contributed by atoms with Gasteiger partial charge in [0.2, 0.25) is 11.8 Å². The van der Waals surface area contributed by atoms with E-state index in [0.717, 1.165) is 12.1 Å². The van der Waals surface area contributed by atoms with Crippen molar-refractivity contribution in [1.29, 1.82) is 0 Å². The van der Waals surface area contributed by atoms with E-state index in [-0.39, 0.29) is 23.4 Å². The second-order valence-corrected chi connectivity index (χ2v) is 7.10. The molecule has 0 spiro atoms. The van der Waals surface area contributed by atoms with Gasteiger partial charge >= 0.3 is 6.18 Å². The second-order valence-electron chi connectivity index (χ2n) is 7.10. The SMILES string of the molecule is CC(=O)N1CCC(C(=O)Nc2cc(C(F)(F)F)ccc2N2CCOCC2)CC1. The largest absolute Gasteiger partial charge is 0.416 e. The Bertz CT molecular complexity index is 725. The minimum atomic E-state index is -4.49. The van der Waals surface area contributed by atoms with Gasteiger partial charge in [-0.05, 0) is 31.0 Å². The molecular formula is C19H24F3N3O3. The molecule has 6 nitrogen and oxygen atoms in total. The van der Waals surface area contributed by atoms with E-state index in [2.05, 4.69) is 5.32 Å². The summed E-state index contributed by atoms with van der Waals surface area (Å²) in [4.78, 5) is 27.7. The number of ether oxygens (including phenoxy) is 1. The van der Waals surface area contributed by atoms with Crippen LogP contribution >= 0.6 is 0 Å². The van der Waals surface area contributed by atoms with Crippen LogP contribution in [0.2, 0.25) is 0 Å². The maximum Gasteiger partial charge on any atom is 0.416 e. The standard InChI is InChI=1S/C19H24F3N3O3/c1-13(26)24-6-4-14(5-7-24)18(27)23-16-12-15(19(20,21)22)2-3-17(16)25-8-10-28-11-9-25/h2-3,12,14H,4-11H2,1H3,(H,23,27). The first kappa shape index (κ1) is 20.4. The van der Waals surface area contributed by atoms with Gasteiger partial charge in [0, 0.05) is 39.0 Å². The third-order valence-electron chi connectivity index (χ3n) is 5.24. The van der Waals surface area contributed by atoms with Crippen LogP contribution < -0.4 is 10.2 Å². The molecule has 0 bridgehead atoms. The lowest BCUT2D eigenvalue weighted by atomic mass is 9.95. The first-order valence-corrected chi connectivity index (χ1v) is 9.36. The summed E-state index contributed by atoms with van der Waals surface area (Å²) in [6.07, 6.45) is -3.50. The van der Waals surface area contributed by atoms with Crippen molar-refractivity contribution >= 4 is 23.2 Å². The van der Waals surface area contributed by atoms with E-state index in [1.807, 2.05) is 4.90 Å². The highest BCUT2D eigenvalue weighted by Gasteiger charge is 2.33. The van der Waals surface area contributed by atoms with E-state index < -0.39 is 11.7 Å². The monoisotopic (exact) mass is 399 g/mol. The summed E-state index contributed by atoms with van der Waals surface area (Å²) in [6, 6.07) is 3.43. The number of alkyl halides is 3. The number of piperidine rings is 1. The summed E-state index contributed by atoms with van der Waals surface area (Å²) in [6.45, 7) is 4.50. The van der Waals surface area contributed by atoms with Gasteiger partial charge in [0.25, 0.3) is 0 Å². The predicted molar refractivity (Wildman–Crippen MR) is 98.1 cm³/mol. The van der Waals surface area contributed by atoms with Crippen molar-refractivity contribution in [2.45, 2.75) is 25.9 Å². The van der Waals surface area contributed by atoms with E-state index >= 15 is 0 Å². The Hall–Kier alpha value is -2.29. The van der Waals surface area contributed by atoms with E-state index in [0.29, 0.717) is 57.9 Å². The van der Waals surface area contributed by atoms with Gasteiger partial charge < -0.3 is 19.9 Å². The van der Waals surface area contributed by atoms with Crippen LogP contribution in [0, 0.1) is 5.92 Å². The molecule has 0 atom stereocenters. The lowest BCUT2D eigenvalue weighted by Crippen LogP contribution is -2.41. The number of nitrogens with one attached hydrogen (secondary N) is 1. The Kier molecular flexibility index (Phi) is 6.12. The second kappa shape index (κ2) is 8.38. The molecule has 0 unspecified atom stereocenters. The average Bonchev–Trinajstić information content (AvgIpc) is 2.68. The summed E-state index contributed by atoms with van der Waals surface area (Å²) in [5.74, 6) is -0.675. The number of carbonyl (C=O) groups excluding carboxylic acids is 2. The summed E-state index contributed by atoms with van der Waals surface area (Å²) >= 11 is 0. The molecule has 2 aliphatic rings. The van der Waals surface area contributed by atoms with Gasteiger partial charge in [-0.3, -0.25) is 9.59 Å². The van der Waals surface area contributed by atoms with Crippen LogP contribution in [0.5, 0.6) is 0 Å². The predicted octanol–water partition coefficient (Wildman–Crippen LogP) is 2.74. The smallest absolute Gasteiger partial charge is 0.378 e. The fourth-order valence-corrected chi connectivity index (χ4v) is 3.58. The number of halogens is 3. The van der Waals surface area contributed by atoms with Gasteiger partial charge in [0.05, 0.1) is 30.2 Å². The van der Waals surface area contributed by atoms with E-state index in [9.17, 15) is 22.8 Å². The summed E-state index contributed by atoms with van der Waals surface area (Å²) in [7, 11) is 0. The third kappa shape index (κ3) is 4.76. The quantitative estimate of drug-likeness (QED) is 0.849.